The molecule has 0 radical (unpaired) electrons. The van der Waals surface area contributed by atoms with Crippen LogP contribution in [0, 0.1) is 0 Å². The molecule has 0 atom stereocenters. The zero-order valence-corrected chi connectivity index (χ0v) is 11.4. The van der Waals surface area contributed by atoms with Crippen molar-refractivity contribution in [2.24, 2.45) is 0 Å². The van der Waals surface area contributed by atoms with Gasteiger partial charge in [0, 0.05) is 18.0 Å². The fourth-order valence-corrected chi connectivity index (χ4v) is 1.62. The van der Waals surface area contributed by atoms with Crippen LogP contribution in [0.3, 0.4) is 0 Å². The number of hydrogen-bond acceptors (Lipinski definition) is 5. The standard InChI is InChI=1S/C15H14N2O4/c1-20-12-4-2-3-5-13(12)21-14(18)10-17-15(19)11-6-8-16-9-7-11/h2-9H,10H2,1H3,(H,17,19). The topological polar surface area (TPSA) is 77.5 Å². The van der Waals surface area contributed by atoms with Crippen LogP contribution in [0.2, 0.25) is 0 Å². The Balaban J connectivity index is 1.89. The Morgan fingerprint density at radius 2 is 1.76 bits per heavy atom. The maximum Gasteiger partial charge on any atom is 0.330 e. The molecule has 1 N–H and O–H groups in total. The largest absolute Gasteiger partial charge is 0.493 e. The number of amides is 1. The van der Waals surface area contributed by atoms with E-state index in [4.69, 9.17) is 9.47 Å². The van der Waals surface area contributed by atoms with Crippen molar-refractivity contribution in [2.45, 2.75) is 0 Å². The van der Waals surface area contributed by atoms with Gasteiger partial charge in [-0.25, -0.2) is 4.79 Å². The van der Waals surface area contributed by atoms with E-state index in [1.807, 2.05) is 0 Å². The summed E-state index contributed by atoms with van der Waals surface area (Å²) in [5.41, 5.74) is 0.426. The second kappa shape index (κ2) is 7.04. The lowest BCUT2D eigenvalue weighted by molar-refractivity contribution is -0.133. The number of nitrogens with one attached hydrogen (secondary N) is 1. The third-order valence-corrected chi connectivity index (χ3v) is 2.63. The number of rotatable bonds is 5. The molecule has 0 fully saturated rings. The fourth-order valence-electron chi connectivity index (χ4n) is 1.62. The SMILES string of the molecule is COc1ccccc1OC(=O)CNC(=O)c1ccncc1. The van der Waals surface area contributed by atoms with Crippen LogP contribution >= 0.6 is 0 Å². The first kappa shape index (κ1) is 14.5. The van der Waals surface area contributed by atoms with E-state index in [1.165, 1.54) is 19.5 Å². The van der Waals surface area contributed by atoms with Gasteiger partial charge in [0.1, 0.15) is 6.54 Å². The lowest BCUT2D eigenvalue weighted by atomic mass is 10.2. The van der Waals surface area contributed by atoms with Gasteiger partial charge in [0.2, 0.25) is 0 Å². The van der Waals surface area contributed by atoms with Crippen LogP contribution in [-0.2, 0) is 4.79 Å². The molecule has 1 aromatic carbocycles. The number of methoxy groups -OCH3 is 1. The molecule has 2 aromatic rings. The van der Waals surface area contributed by atoms with Gasteiger partial charge >= 0.3 is 5.97 Å². The van der Waals surface area contributed by atoms with Crippen LogP contribution in [0.4, 0.5) is 0 Å². The third kappa shape index (κ3) is 4.04. The highest BCUT2D eigenvalue weighted by atomic mass is 16.6. The summed E-state index contributed by atoms with van der Waals surface area (Å²) in [6, 6.07) is 9.89. The van der Waals surface area contributed by atoms with Gasteiger partial charge in [-0.15, -0.1) is 0 Å². The van der Waals surface area contributed by atoms with Gasteiger partial charge in [0.05, 0.1) is 7.11 Å². The zero-order chi connectivity index (χ0) is 15.1. The lowest BCUT2D eigenvalue weighted by Gasteiger charge is -2.09. The van der Waals surface area contributed by atoms with Crippen LogP contribution in [0.25, 0.3) is 0 Å². The summed E-state index contributed by atoms with van der Waals surface area (Å²) >= 11 is 0. The molecule has 0 saturated heterocycles. The normalized spacial score (nSPS) is 9.76. The van der Waals surface area contributed by atoms with Crippen molar-refractivity contribution in [3.63, 3.8) is 0 Å². The minimum absolute atomic E-state index is 0.237. The first-order valence-corrected chi connectivity index (χ1v) is 6.22. The number of carbonyl (C=O) groups is 2. The molecule has 1 aromatic heterocycles. The fraction of sp³-hybridized carbons (Fsp3) is 0.133. The van der Waals surface area contributed by atoms with Gasteiger partial charge in [-0.1, -0.05) is 12.1 Å². The average molecular weight is 286 g/mol. The quantitative estimate of drug-likeness (QED) is 0.664. The number of benzene rings is 1. The highest BCUT2D eigenvalue weighted by Crippen LogP contribution is 2.25. The first-order valence-electron chi connectivity index (χ1n) is 6.22. The molecule has 0 saturated carbocycles. The Kier molecular flexibility index (Phi) is 4.87. The maximum atomic E-state index is 11.8. The molecule has 21 heavy (non-hydrogen) atoms. The number of nitrogens with zero attached hydrogens (tertiary/aromatic N) is 1. The zero-order valence-electron chi connectivity index (χ0n) is 11.4. The minimum Gasteiger partial charge on any atom is -0.493 e. The highest BCUT2D eigenvalue weighted by molar-refractivity contribution is 5.95. The Morgan fingerprint density at radius 1 is 1.10 bits per heavy atom. The molecule has 0 unspecified atom stereocenters. The van der Waals surface area contributed by atoms with Crippen LogP contribution in [0.5, 0.6) is 11.5 Å². The Labute approximate surface area is 121 Å². The van der Waals surface area contributed by atoms with E-state index in [-0.39, 0.29) is 12.5 Å². The average Bonchev–Trinajstić information content (AvgIpc) is 2.54. The number of hydrogen-bond donors (Lipinski definition) is 1. The summed E-state index contributed by atoms with van der Waals surface area (Å²) in [5, 5.41) is 2.47. The highest BCUT2D eigenvalue weighted by Gasteiger charge is 2.11. The van der Waals surface area contributed by atoms with Crippen LogP contribution in [0.15, 0.2) is 48.8 Å². The van der Waals surface area contributed by atoms with Crippen LogP contribution in [-0.4, -0.2) is 30.5 Å². The van der Waals surface area contributed by atoms with Gasteiger partial charge in [0.15, 0.2) is 11.5 Å². The van der Waals surface area contributed by atoms with E-state index in [2.05, 4.69) is 10.3 Å². The number of ether oxygens (including phenoxy) is 2. The van der Waals surface area contributed by atoms with Gasteiger partial charge in [-0.05, 0) is 24.3 Å². The number of carbonyl (C=O) groups excluding carboxylic acids is 2. The van der Waals surface area contributed by atoms with Crippen molar-refractivity contribution in [3.05, 3.63) is 54.4 Å². The molecule has 0 spiro atoms. The van der Waals surface area contributed by atoms with E-state index in [1.54, 1.807) is 36.4 Å². The molecular formula is C15H14N2O4. The third-order valence-electron chi connectivity index (χ3n) is 2.63. The van der Waals surface area contributed by atoms with E-state index < -0.39 is 5.97 Å². The van der Waals surface area contributed by atoms with E-state index >= 15 is 0 Å². The van der Waals surface area contributed by atoms with Crippen LogP contribution in [0.1, 0.15) is 10.4 Å². The van der Waals surface area contributed by atoms with Gasteiger partial charge in [-0.2, -0.15) is 0 Å². The van der Waals surface area contributed by atoms with Crippen LogP contribution < -0.4 is 14.8 Å². The summed E-state index contributed by atoms with van der Waals surface area (Å²) in [4.78, 5) is 27.3. The molecule has 108 valence electrons. The molecule has 1 amide bonds. The Bertz CT molecular complexity index is 629. The summed E-state index contributed by atoms with van der Waals surface area (Å²) in [7, 11) is 1.48. The van der Waals surface area contributed by atoms with Crippen molar-refractivity contribution in [1.29, 1.82) is 0 Å². The van der Waals surface area contributed by atoms with E-state index in [9.17, 15) is 9.59 Å². The number of esters is 1. The Hall–Kier alpha value is -2.89. The second-order valence-corrected chi connectivity index (χ2v) is 4.04. The van der Waals surface area contributed by atoms with Crippen molar-refractivity contribution in [1.82, 2.24) is 10.3 Å². The van der Waals surface area contributed by atoms with Crippen molar-refractivity contribution in [3.8, 4) is 11.5 Å². The monoisotopic (exact) mass is 286 g/mol. The summed E-state index contributed by atoms with van der Waals surface area (Å²) < 4.78 is 10.2. The smallest absolute Gasteiger partial charge is 0.330 e. The van der Waals surface area contributed by atoms with Gasteiger partial charge in [-0.3, -0.25) is 9.78 Å². The molecule has 2 rings (SSSR count). The van der Waals surface area contributed by atoms with Crippen molar-refractivity contribution >= 4 is 11.9 Å². The lowest BCUT2D eigenvalue weighted by Crippen LogP contribution is -2.31. The first-order chi connectivity index (χ1) is 10.2. The molecule has 1 heterocycles. The molecule has 0 aliphatic carbocycles. The molecule has 0 bridgehead atoms. The minimum atomic E-state index is -0.582. The molecule has 6 heteroatoms. The summed E-state index contributed by atoms with van der Waals surface area (Å²) in [5.74, 6) is -0.189. The maximum absolute atomic E-state index is 11.8. The van der Waals surface area contributed by atoms with E-state index in [0.717, 1.165) is 0 Å². The van der Waals surface area contributed by atoms with Crippen molar-refractivity contribution in [2.75, 3.05) is 13.7 Å². The summed E-state index contributed by atoms with van der Waals surface area (Å²) in [6.45, 7) is -0.237. The van der Waals surface area contributed by atoms with Gasteiger partial charge in [0.25, 0.3) is 5.91 Å². The predicted molar refractivity (Wildman–Crippen MR) is 75.2 cm³/mol. The molecular weight excluding hydrogens is 272 g/mol. The van der Waals surface area contributed by atoms with Crippen molar-refractivity contribution < 1.29 is 19.1 Å². The van der Waals surface area contributed by atoms with E-state index in [0.29, 0.717) is 17.1 Å². The number of aromatic nitrogens is 1. The predicted octanol–water partition coefficient (Wildman–Crippen LogP) is 1.43. The molecule has 6 nitrogen and oxygen atoms in total. The molecule has 0 aliphatic heterocycles. The second-order valence-electron chi connectivity index (χ2n) is 4.04. The Morgan fingerprint density at radius 3 is 2.43 bits per heavy atom. The summed E-state index contributed by atoms with van der Waals surface area (Å²) in [6.07, 6.45) is 3.00. The number of pyridine rings is 1. The van der Waals surface area contributed by atoms with Gasteiger partial charge < -0.3 is 14.8 Å². The molecule has 0 aliphatic rings. The number of para-hydroxylation sites is 2.